The average molecular weight is 349 g/mol. The Labute approximate surface area is 153 Å². The smallest absolute Gasteiger partial charge is 0.243 e. The molecule has 5 nitrogen and oxygen atoms in total. The summed E-state index contributed by atoms with van der Waals surface area (Å²) in [7, 11) is 0. The molecule has 0 spiro atoms. The van der Waals surface area contributed by atoms with Gasteiger partial charge in [0.25, 0.3) is 0 Å². The van der Waals surface area contributed by atoms with Crippen molar-refractivity contribution in [1.29, 1.82) is 0 Å². The van der Waals surface area contributed by atoms with E-state index in [2.05, 4.69) is 10.4 Å². The molecule has 0 saturated heterocycles. The number of hydrazone groups is 1. The summed E-state index contributed by atoms with van der Waals surface area (Å²) in [6.07, 6.45) is 0.967. The first-order chi connectivity index (χ1) is 12.5. The van der Waals surface area contributed by atoms with Gasteiger partial charge in [-0.2, -0.15) is 5.10 Å². The molecule has 1 atom stereocenters. The second kappa shape index (κ2) is 7.95. The van der Waals surface area contributed by atoms with E-state index < -0.39 is 0 Å². The van der Waals surface area contributed by atoms with Crippen LogP contribution in [-0.2, 0) is 9.59 Å². The van der Waals surface area contributed by atoms with Gasteiger partial charge in [-0.15, -0.1) is 0 Å². The number of carbonyl (C=O) groups excluding carboxylic acids is 2. The molecule has 3 rings (SSSR count). The lowest BCUT2D eigenvalue weighted by Gasteiger charge is -2.24. The summed E-state index contributed by atoms with van der Waals surface area (Å²) < 4.78 is 0. The van der Waals surface area contributed by atoms with Gasteiger partial charge in [0.2, 0.25) is 11.8 Å². The van der Waals surface area contributed by atoms with E-state index in [0.717, 1.165) is 16.8 Å². The summed E-state index contributed by atoms with van der Waals surface area (Å²) in [5.41, 5.74) is 4.03. The molecule has 26 heavy (non-hydrogen) atoms. The Balaban J connectivity index is 1.67. The molecule has 2 aromatic carbocycles. The van der Waals surface area contributed by atoms with E-state index in [1.165, 1.54) is 10.6 Å². The molecular weight excluding hydrogens is 326 g/mol. The highest BCUT2D eigenvalue weighted by molar-refractivity contribution is 6.04. The van der Waals surface area contributed by atoms with Crippen molar-refractivity contribution in [2.24, 2.45) is 5.10 Å². The summed E-state index contributed by atoms with van der Waals surface area (Å²) >= 11 is 0. The zero-order chi connectivity index (χ0) is 18.5. The molecule has 0 bridgehead atoms. The number of aryl methyl sites for hydroxylation is 1. The first-order valence-corrected chi connectivity index (χ1v) is 8.82. The van der Waals surface area contributed by atoms with Gasteiger partial charge in [0.05, 0.1) is 11.8 Å². The van der Waals surface area contributed by atoms with Gasteiger partial charge in [0.1, 0.15) is 6.54 Å². The van der Waals surface area contributed by atoms with Gasteiger partial charge in [0, 0.05) is 12.8 Å². The molecule has 0 radical (unpaired) electrons. The maximum Gasteiger partial charge on any atom is 0.243 e. The van der Waals surface area contributed by atoms with E-state index in [1.807, 2.05) is 68.4 Å². The topological polar surface area (TPSA) is 61.8 Å². The van der Waals surface area contributed by atoms with Gasteiger partial charge < -0.3 is 5.32 Å². The van der Waals surface area contributed by atoms with Gasteiger partial charge in [-0.1, -0.05) is 60.2 Å². The molecule has 0 fully saturated rings. The Morgan fingerprint density at radius 3 is 2.50 bits per heavy atom. The lowest BCUT2D eigenvalue weighted by atomic mass is 10.0. The second-order valence-electron chi connectivity index (χ2n) is 6.56. The Bertz CT molecular complexity index is 813. The fraction of sp³-hybridized carbons (Fsp3) is 0.286. The number of nitrogens with zero attached hydrogens (tertiary/aromatic N) is 2. The SMILES string of the molecule is Cc1ccc(C2=NN(CC(=O)N[C@@H](C)c3ccccc3)C(=O)CC2)cc1. The van der Waals surface area contributed by atoms with Gasteiger partial charge in [0.15, 0.2) is 0 Å². The summed E-state index contributed by atoms with van der Waals surface area (Å²) in [6, 6.07) is 17.7. The van der Waals surface area contributed by atoms with Crippen molar-refractivity contribution < 1.29 is 9.59 Å². The standard InChI is InChI=1S/C21H23N3O2/c1-15-8-10-18(11-9-15)19-12-13-21(26)24(23-19)14-20(25)22-16(2)17-6-4-3-5-7-17/h3-11,16H,12-14H2,1-2H3,(H,22,25)/t16-/m0/s1. The molecule has 2 aromatic rings. The lowest BCUT2D eigenvalue weighted by Crippen LogP contribution is -2.41. The molecule has 1 heterocycles. The highest BCUT2D eigenvalue weighted by atomic mass is 16.2. The van der Waals surface area contributed by atoms with Crippen LogP contribution in [0.1, 0.15) is 42.5 Å². The van der Waals surface area contributed by atoms with Crippen LogP contribution in [0.4, 0.5) is 0 Å². The van der Waals surface area contributed by atoms with E-state index in [9.17, 15) is 9.59 Å². The van der Waals surface area contributed by atoms with E-state index in [-0.39, 0.29) is 24.4 Å². The summed E-state index contributed by atoms with van der Waals surface area (Å²) in [4.78, 5) is 24.5. The molecule has 2 amide bonds. The van der Waals surface area contributed by atoms with Crippen molar-refractivity contribution in [2.45, 2.75) is 32.7 Å². The van der Waals surface area contributed by atoms with Crippen LogP contribution in [0.3, 0.4) is 0 Å². The molecule has 1 aliphatic heterocycles. The number of benzene rings is 2. The number of carbonyl (C=O) groups is 2. The Morgan fingerprint density at radius 1 is 1.12 bits per heavy atom. The molecule has 0 aliphatic carbocycles. The Kier molecular flexibility index (Phi) is 5.46. The minimum absolute atomic E-state index is 0.0641. The zero-order valence-electron chi connectivity index (χ0n) is 15.1. The molecule has 134 valence electrons. The van der Waals surface area contributed by atoms with Crippen LogP contribution in [0.2, 0.25) is 0 Å². The average Bonchev–Trinajstić information content (AvgIpc) is 2.65. The van der Waals surface area contributed by atoms with Crippen molar-refractivity contribution in [2.75, 3.05) is 6.54 Å². The van der Waals surface area contributed by atoms with E-state index in [4.69, 9.17) is 0 Å². The van der Waals surface area contributed by atoms with Crippen LogP contribution in [0.15, 0.2) is 59.7 Å². The van der Waals surface area contributed by atoms with Crippen molar-refractivity contribution in [3.05, 3.63) is 71.3 Å². The fourth-order valence-corrected chi connectivity index (χ4v) is 2.93. The predicted octanol–water partition coefficient (Wildman–Crippen LogP) is 3.20. The van der Waals surface area contributed by atoms with Crippen LogP contribution >= 0.6 is 0 Å². The molecule has 5 heteroatoms. The van der Waals surface area contributed by atoms with Crippen LogP contribution in [0, 0.1) is 6.92 Å². The van der Waals surface area contributed by atoms with Crippen LogP contribution < -0.4 is 5.32 Å². The van der Waals surface area contributed by atoms with Crippen LogP contribution in [0.5, 0.6) is 0 Å². The molecule has 1 N–H and O–H groups in total. The molecule has 0 saturated carbocycles. The highest BCUT2D eigenvalue weighted by Gasteiger charge is 2.24. The molecule has 0 unspecified atom stereocenters. The lowest BCUT2D eigenvalue weighted by molar-refractivity contribution is -0.136. The molecule has 1 aliphatic rings. The molecule has 0 aromatic heterocycles. The first kappa shape index (κ1) is 17.9. The third-order valence-corrected chi connectivity index (χ3v) is 4.46. The zero-order valence-corrected chi connectivity index (χ0v) is 15.1. The first-order valence-electron chi connectivity index (χ1n) is 8.82. The third-order valence-electron chi connectivity index (χ3n) is 4.46. The Hall–Kier alpha value is -2.95. The van der Waals surface area contributed by atoms with E-state index >= 15 is 0 Å². The minimum Gasteiger partial charge on any atom is -0.348 e. The Morgan fingerprint density at radius 2 is 1.81 bits per heavy atom. The van der Waals surface area contributed by atoms with Crippen LogP contribution in [0.25, 0.3) is 0 Å². The number of rotatable bonds is 5. The van der Waals surface area contributed by atoms with Crippen molar-refractivity contribution in [3.63, 3.8) is 0 Å². The van der Waals surface area contributed by atoms with E-state index in [1.54, 1.807) is 0 Å². The second-order valence-corrected chi connectivity index (χ2v) is 6.56. The van der Waals surface area contributed by atoms with Crippen LogP contribution in [-0.4, -0.2) is 29.1 Å². The minimum atomic E-state index is -0.219. The van der Waals surface area contributed by atoms with Gasteiger partial charge in [-0.3, -0.25) is 9.59 Å². The van der Waals surface area contributed by atoms with E-state index in [0.29, 0.717) is 12.8 Å². The largest absolute Gasteiger partial charge is 0.348 e. The van der Waals surface area contributed by atoms with Crippen molar-refractivity contribution >= 4 is 17.5 Å². The normalized spacial score (nSPS) is 15.4. The number of nitrogens with one attached hydrogen (secondary N) is 1. The monoisotopic (exact) mass is 349 g/mol. The number of hydrogen-bond donors (Lipinski definition) is 1. The van der Waals surface area contributed by atoms with Gasteiger partial charge in [-0.05, 0) is 25.0 Å². The number of hydrogen-bond acceptors (Lipinski definition) is 3. The summed E-state index contributed by atoms with van der Waals surface area (Å²) in [6.45, 7) is 3.89. The molecular formula is C21H23N3O2. The summed E-state index contributed by atoms with van der Waals surface area (Å²) in [5, 5.41) is 8.63. The van der Waals surface area contributed by atoms with Gasteiger partial charge in [-0.25, -0.2) is 5.01 Å². The summed E-state index contributed by atoms with van der Waals surface area (Å²) in [5.74, 6) is -0.341. The fourth-order valence-electron chi connectivity index (χ4n) is 2.93. The van der Waals surface area contributed by atoms with Crippen molar-refractivity contribution in [1.82, 2.24) is 10.3 Å². The van der Waals surface area contributed by atoms with Crippen molar-refractivity contribution in [3.8, 4) is 0 Å². The maximum absolute atomic E-state index is 12.4. The predicted molar refractivity (Wildman–Crippen MR) is 102 cm³/mol. The maximum atomic E-state index is 12.4. The number of amides is 2. The third kappa shape index (κ3) is 4.36. The quantitative estimate of drug-likeness (QED) is 0.901. The highest BCUT2D eigenvalue weighted by Crippen LogP contribution is 2.16. The van der Waals surface area contributed by atoms with Gasteiger partial charge >= 0.3 is 0 Å².